The van der Waals surface area contributed by atoms with E-state index in [1.807, 2.05) is 36.4 Å². The van der Waals surface area contributed by atoms with Crippen LogP contribution < -0.4 is 11.1 Å². The summed E-state index contributed by atoms with van der Waals surface area (Å²) >= 11 is 6.55. The van der Waals surface area contributed by atoms with Crippen molar-refractivity contribution in [3.05, 3.63) is 93.8 Å². The number of Topliss-reactive ketones (excluding diaryl/α,β-unsaturated/α-hetero) is 1. The summed E-state index contributed by atoms with van der Waals surface area (Å²) in [4.78, 5) is 26.6. The average molecular weight is 555 g/mol. The second-order valence-corrected chi connectivity index (χ2v) is 10.7. The zero-order valence-corrected chi connectivity index (χ0v) is 24.6. The Morgan fingerprint density at radius 1 is 1.05 bits per heavy atom. The molecule has 1 aliphatic rings. The van der Waals surface area contributed by atoms with Gasteiger partial charge in [-0.15, -0.1) is 0 Å². The lowest BCUT2D eigenvalue weighted by Crippen LogP contribution is -2.33. The minimum absolute atomic E-state index is 0.0285. The fraction of sp³-hybridized carbons (Fsp3) is 0.438. The molecule has 0 fully saturated rings. The third kappa shape index (κ3) is 9.95. The number of carbonyl (C=O) groups excluding carboxylic acids is 2. The van der Waals surface area contributed by atoms with Crippen molar-refractivity contribution >= 4 is 23.4 Å². The molecule has 1 heterocycles. The van der Waals surface area contributed by atoms with E-state index in [4.69, 9.17) is 26.8 Å². The Morgan fingerprint density at radius 3 is 2.28 bits per heavy atom. The van der Waals surface area contributed by atoms with Crippen LogP contribution in [-0.4, -0.2) is 38.1 Å². The van der Waals surface area contributed by atoms with Gasteiger partial charge in [-0.25, -0.2) is 4.79 Å². The fourth-order valence-electron chi connectivity index (χ4n) is 4.05. The van der Waals surface area contributed by atoms with E-state index in [0.717, 1.165) is 6.42 Å². The van der Waals surface area contributed by atoms with Crippen molar-refractivity contribution in [3.8, 4) is 0 Å². The van der Waals surface area contributed by atoms with Crippen molar-refractivity contribution in [1.29, 1.82) is 0 Å². The van der Waals surface area contributed by atoms with E-state index in [1.54, 1.807) is 19.2 Å². The predicted molar refractivity (Wildman–Crippen MR) is 158 cm³/mol. The first kappa shape index (κ1) is 32.3. The molecule has 2 aromatic rings. The summed E-state index contributed by atoms with van der Waals surface area (Å²) in [6.45, 7) is 11.4. The molecule has 0 bridgehead atoms. The third-order valence-corrected chi connectivity index (χ3v) is 6.98. The normalized spacial score (nSPS) is 15.1. The van der Waals surface area contributed by atoms with Crippen LogP contribution in [0.25, 0.3) is 0 Å². The lowest BCUT2D eigenvalue weighted by atomic mass is 9.76. The second kappa shape index (κ2) is 16.2. The lowest BCUT2D eigenvalue weighted by Gasteiger charge is -2.31. The van der Waals surface area contributed by atoms with Gasteiger partial charge in [0.2, 0.25) is 0 Å². The van der Waals surface area contributed by atoms with Crippen LogP contribution in [-0.2, 0) is 19.1 Å². The van der Waals surface area contributed by atoms with Crippen molar-refractivity contribution in [1.82, 2.24) is 5.32 Å². The van der Waals surface area contributed by atoms with Crippen LogP contribution in [0.15, 0.2) is 77.6 Å². The van der Waals surface area contributed by atoms with Gasteiger partial charge in [0.25, 0.3) is 0 Å². The average Bonchev–Trinajstić information content (AvgIpc) is 2.91. The molecule has 1 aliphatic heterocycles. The standard InChI is InChI=1S/C25H35ClN2O4.C7H8/c1-5-25(3,4)14-21(29)18-15-28-20(16-31-13-9-12-27)23(24(30)32-6-2)22(18)17-10-7-8-11-19(17)26;1-7-5-3-2-4-6-7/h7-8,10-11,15,22,28H,5-6,9,12-14,16,27H2,1-4H3;2-6H,1H3. The van der Waals surface area contributed by atoms with E-state index in [0.29, 0.717) is 53.4 Å². The SMILES string of the molecule is CCOC(=O)C1=C(COCCCN)NC=C(C(=O)CC(C)(C)CC)C1c1ccccc1Cl.Cc1ccccc1. The molecule has 0 radical (unpaired) electrons. The van der Waals surface area contributed by atoms with E-state index in [-0.39, 0.29) is 24.4 Å². The number of dihydropyridines is 1. The van der Waals surface area contributed by atoms with Gasteiger partial charge in [0.1, 0.15) is 0 Å². The topological polar surface area (TPSA) is 90.7 Å². The molecule has 0 saturated carbocycles. The molecular weight excluding hydrogens is 512 g/mol. The number of esters is 1. The molecule has 39 heavy (non-hydrogen) atoms. The molecule has 0 aliphatic carbocycles. The summed E-state index contributed by atoms with van der Waals surface area (Å²) in [5.74, 6) is -1.16. The smallest absolute Gasteiger partial charge is 0.336 e. The highest BCUT2D eigenvalue weighted by Crippen LogP contribution is 2.41. The molecule has 0 aromatic heterocycles. The van der Waals surface area contributed by atoms with E-state index >= 15 is 0 Å². The first-order valence-corrected chi connectivity index (χ1v) is 14.0. The first-order chi connectivity index (χ1) is 18.6. The van der Waals surface area contributed by atoms with Crippen molar-refractivity contribution in [2.24, 2.45) is 11.1 Å². The van der Waals surface area contributed by atoms with Gasteiger partial charge in [-0.3, -0.25) is 4.79 Å². The Bertz CT molecular complexity index is 1140. The number of halogens is 1. The van der Waals surface area contributed by atoms with Crippen LogP contribution in [0.3, 0.4) is 0 Å². The number of allylic oxidation sites excluding steroid dienone is 1. The summed E-state index contributed by atoms with van der Waals surface area (Å²) in [6.07, 6.45) is 3.61. The Labute approximate surface area is 238 Å². The van der Waals surface area contributed by atoms with Gasteiger partial charge in [0.05, 0.1) is 24.5 Å². The molecule has 6 nitrogen and oxygen atoms in total. The van der Waals surface area contributed by atoms with Crippen molar-refractivity contribution in [2.45, 2.75) is 59.8 Å². The zero-order chi connectivity index (χ0) is 28.8. The third-order valence-electron chi connectivity index (χ3n) is 6.64. The van der Waals surface area contributed by atoms with Gasteiger partial charge in [0.15, 0.2) is 5.78 Å². The number of hydrogen-bond donors (Lipinski definition) is 2. The second-order valence-electron chi connectivity index (χ2n) is 10.3. The molecule has 3 rings (SSSR count). The van der Waals surface area contributed by atoms with Crippen LogP contribution >= 0.6 is 11.6 Å². The Kier molecular flexibility index (Phi) is 13.4. The number of nitrogens with one attached hydrogen (secondary N) is 1. The number of ether oxygens (including phenoxy) is 2. The molecule has 3 N–H and O–H groups in total. The van der Waals surface area contributed by atoms with Gasteiger partial charge >= 0.3 is 5.97 Å². The minimum atomic E-state index is -0.641. The number of ketones is 1. The maximum atomic E-state index is 13.4. The molecule has 7 heteroatoms. The highest BCUT2D eigenvalue weighted by atomic mass is 35.5. The minimum Gasteiger partial charge on any atom is -0.463 e. The molecule has 212 valence electrons. The lowest BCUT2D eigenvalue weighted by molar-refractivity contribution is -0.138. The summed E-state index contributed by atoms with van der Waals surface area (Å²) < 4.78 is 11.1. The Balaban J connectivity index is 0.000000658. The number of benzene rings is 2. The van der Waals surface area contributed by atoms with Gasteiger partial charge in [-0.2, -0.15) is 0 Å². The van der Waals surface area contributed by atoms with E-state index in [2.05, 4.69) is 45.1 Å². The maximum Gasteiger partial charge on any atom is 0.336 e. The monoisotopic (exact) mass is 554 g/mol. The molecular formula is C32H43ClN2O4. The van der Waals surface area contributed by atoms with Crippen LogP contribution in [0.4, 0.5) is 0 Å². The number of hydrogen-bond acceptors (Lipinski definition) is 6. The van der Waals surface area contributed by atoms with E-state index in [1.165, 1.54) is 5.56 Å². The Morgan fingerprint density at radius 2 is 1.72 bits per heavy atom. The Hall–Kier alpha value is -2.93. The summed E-state index contributed by atoms with van der Waals surface area (Å²) in [6, 6.07) is 17.5. The molecule has 0 saturated heterocycles. The first-order valence-electron chi connectivity index (χ1n) is 13.6. The van der Waals surface area contributed by atoms with Crippen molar-refractivity contribution in [3.63, 3.8) is 0 Å². The molecule has 1 unspecified atom stereocenters. The van der Waals surface area contributed by atoms with Crippen molar-refractivity contribution < 1.29 is 19.1 Å². The van der Waals surface area contributed by atoms with E-state index < -0.39 is 11.9 Å². The summed E-state index contributed by atoms with van der Waals surface area (Å²) in [5, 5.41) is 3.62. The quantitative estimate of drug-likeness (QED) is 0.230. The number of aryl methyl sites for hydroxylation is 1. The molecule has 1 atom stereocenters. The van der Waals surface area contributed by atoms with Gasteiger partial charge in [-0.1, -0.05) is 92.9 Å². The largest absolute Gasteiger partial charge is 0.463 e. The number of nitrogens with two attached hydrogens (primary N) is 1. The molecule has 0 spiro atoms. The van der Waals surface area contributed by atoms with Crippen LogP contribution in [0.2, 0.25) is 5.02 Å². The molecule has 2 aromatic carbocycles. The number of rotatable bonds is 12. The predicted octanol–water partition coefficient (Wildman–Crippen LogP) is 6.48. The summed E-state index contributed by atoms with van der Waals surface area (Å²) in [7, 11) is 0. The van der Waals surface area contributed by atoms with E-state index in [9.17, 15) is 9.59 Å². The van der Waals surface area contributed by atoms with Crippen LogP contribution in [0.1, 0.15) is 64.0 Å². The number of carbonyl (C=O) groups is 2. The van der Waals surface area contributed by atoms with Crippen LogP contribution in [0.5, 0.6) is 0 Å². The zero-order valence-electron chi connectivity index (χ0n) is 23.9. The van der Waals surface area contributed by atoms with Gasteiger partial charge < -0.3 is 20.5 Å². The van der Waals surface area contributed by atoms with Crippen LogP contribution in [0, 0.1) is 12.3 Å². The fourth-order valence-corrected chi connectivity index (χ4v) is 4.30. The van der Waals surface area contributed by atoms with Crippen molar-refractivity contribution in [2.75, 3.05) is 26.4 Å². The highest BCUT2D eigenvalue weighted by molar-refractivity contribution is 6.31. The van der Waals surface area contributed by atoms with Gasteiger partial charge in [0, 0.05) is 35.7 Å². The molecule has 0 amide bonds. The summed E-state index contributed by atoms with van der Waals surface area (Å²) in [5.41, 5.74) is 8.81. The maximum absolute atomic E-state index is 13.4. The van der Waals surface area contributed by atoms with Gasteiger partial charge in [-0.05, 0) is 43.9 Å². The highest BCUT2D eigenvalue weighted by Gasteiger charge is 2.38.